The van der Waals surface area contributed by atoms with E-state index in [9.17, 15) is 4.79 Å². The van der Waals surface area contributed by atoms with Gasteiger partial charge < -0.3 is 14.9 Å². The van der Waals surface area contributed by atoms with E-state index in [4.69, 9.17) is 5.11 Å². The fourth-order valence-electron chi connectivity index (χ4n) is 4.45. The molecule has 1 fully saturated rings. The number of likely N-dealkylation sites (N-methyl/N-ethyl adjacent to an activating group) is 1. The molecule has 0 radical (unpaired) electrons. The van der Waals surface area contributed by atoms with Crippen LogP contribution in [0, 0.1) is 5.41 Å². The number of carboxylic acid groups (broad SMARTS) is 1. The van der Waals surface area contributed by atoms with Gasteiger partial charge in [0.1, 0.15) is 0 Å². The highest BCUT2D eigenvalue weighted by Crippen LogP contribution is 2.23. The second-order valence-corrected chi connectivity index (χ2v) is 8.79. The summed E-state index contributed by atoms with van der Waals surface area (Å²) in [5.74, 6) is -0.720. The molecule has 1 aliphatic heterocycles. The Kier molecular flexibility index (Phi) is 8.27. The summed E-state index contributed by atoms with van der Waals surface area (Å²) in [6, 6.07) is 11.0. The van der Waals surface area contributed by atoms with Gasteiger partial charge in [0, 0.05) is 25.7 Å². The van der Waals surface area contributed by atoms with Gasteiger partial charge in [-0.05, 0) is 50.5 Å². The van der Waals surface area contributed by atoms with Gasteiger partial charge in [-0.25, -0.2) is 0 Å². The van der Waals surface area contributed by atoms with Crippen molar-refractivity contribution in [2.45, 2.75) is 46.2 Å². The smallest absolute Gasteiger partial charge is 0.317 e. The van der Waals surface area contributed by atoms with Gasteiger partial charge in [-0.15, -0.1) is 0 Å². The molecule has 27 heavy (non-hydrogen) atoms. The number of rotatable bonds is 10. The Balaban J connectivity index is 1.78. The molecule has 0 atom stereocenters. The van der Waals surface area contributed by atoms with Crippen LogP contribution < -0.4 is 0 Å². The molecule has 1 saturated heterocycles. The van der Waals surface area contributed by atoms with E-state index in [0.717, 1.165) is 52.1 Å². The number of benzene rings is 1. The number of hydrogen-bond acceptors (Lipinski definition) is 4. The van der Waals surface area contributed by atoms with E-state index < -0.39 is 5.97 Å². The van der Waals surface area contributed by atoms with Gasteiger partial charge in [0.2, 0.25) is 0 Å². The zero-order chi connectivity index (χ0) is 19.9. The maximum absolute atomic E-state index is 11.0. The summed E-state index contributed by atoms with van der Waals surface area (Å²) in [6.07, 6.45) is 2.13. The van der Waals surface area contributed by atoms with E-state index in [0.29, 0.717) is 6.04 Å². The number of likely N-dealkylation sites (tertiary alicyclic amines) is 1. The first-order valence-electron chi connectivity index (χ1n) is 10.2. The molecule has 152 valence electrons. The van der Waals surface area contributed by atoms with Crippen LogP contribution in [0.1, 0.15) is 39.2 Å². The highest BCUT2D eigenvalue weighted by atomic mass is 16.4. The van der Waals surface area contributed by atoms with Crippen LogP contribution in [-0.4, -0.2) is 78.1 Å². The van der Waals surface area contributed by atoms with Gasteiger partial charge in [0.15, 0.2) is 0 Å². The van der Waals surface area contributed by atoms with Crippen LogP contribution in [0.4, 0.5) is 0 Å². The van der Waals surface area contributed by atoms with Crippen LogP contribution in [0.3, 0.4) is 0 Å². The molecule has 1 N–H and O–H groups in total. The van der Waals surface area contributed by atoms with Crippen LogP contribution in [-0.2, 0) is 11.3 Å². The van der Waals surface area contributed by atoms with Crippen molar-refractivity contribution in [3.8, 4) is 0 Å². The van der Waals surface area contributed by atoms with Gasteiger partial charge in [0.05, 0.1) is 6.54 Å². The lowest BCUT2D eigenvalue weighted by Crippen LogP contribution is -2.49. The minimum atomic E-state index is -0.720. The third-order valence-electron chi connectivity index (χ3n) is 5.46. The summed E-state index contributed by atoms with van der Waals surface area (Å²) in [7, 11) is 2.20. The maximum atomic E-state index is 11.0. The van der Waals surface area contributed by atoms with Crippen LogP contribution in [0.5, 0.6) is 0 Å². The summed E-state index contributed by atoms with van der Waals surface area (Å²) in [6.45, 7) is 13.0. The Bertz CT molecular complexity index is 568. The van der Waals surface area contributed by atoms with Gasteiger partial charge in [-0.3, -0.25) is 9.69 Å². The van der Waals surface area contributed by atoms with E-state index >= 15 is 0 Å². The van der Waals surface area contributed by atoms with Crippen molar-refractivity contribution in [1.29, 1.82) is 0 Å². The molecule has 5 nitrogen and oxygen atoms in total. The Morgan fingerprint density at radius 1 is 1.22 bits per heavy atom. The Labute approximate surface area is 164 Å². The predicted octanol–water partition coefficient (Wildman–Crippen LogP) is 3.02. The van der Waals surface area contributed by atoms with Crippen molar-refractivity contribution in [3.05, 3.63) is 35.9 Å². The third kappa shape index (κ3) is 7.60. The van der Waals surface area contributed by atoms with Crippen molar-refractivity contribution < 1.29 is 9.90 Å². The molecule has 5 heteroatoms. The zero-order valence-corrected chi connectivity index (χ0v) is 17.5. The highest BCUT2D eigenvalue weighted by molar-refractivity contribution is 5.69. The molecule has 1 aliphatic rings. The fourth-order valence-corrected chi connectivity index (χ4v) is 4.45. The molecule has 0 spiro atoms. The summed E-state index contributed by atoms with van der Waals surface area (Å²) >= 11 is 0. The van der Waals surface area contributed by atoms with Gasteiger partial charge >= 0.3 is 5.97 Å². The van der Waals surface area contributed by atoms with Crippen LogP contribution >= 0.6 is 0 Å². The number of piperidine rings is 1. The third-order valence-corrected chi connectivity index (χ3v) is 5.46. The molecule has 0 unspecified atom stereocenters. The number of carboxylic acids is 1. The quantitative estimate of drug-likeness (QED) is 0.681. The molecule has 0 bridgehead atoms. The van der Waals surface area contributed by atoms with Crippen molar-refractivity contribution in [2.24, 2.45) is 5.41 Å². The average Bonchev–Trinajstić information content (AvgIpc) is 2.60. The molecular formula is C22H37N3O2. The summed E-state index contributed by atoms with van der Waals surface area (Å²) in [5.41, 5.74) is 1.58. The second-order valence-electron chi connectivity index (χ2n) is 8.79. The zero-order valence-electron chi connectivity index (χ0n) is 17.5. The highest BCUT2D eigenvalue weighted by Gasteiger charge is 2.29. The lowest BCUT2D eigenvalue weighted by molar-refractivity contribution is -0.139. The van der Waals surface area contributed by atoms with Crippen molar-refractivity contribution >= 4 is 5.97 Å². The molecule has 0 aliphatic carbocycles. The molecule has 0 amide bonds. The molecule has 0 saturated carbocycles. The lowest BCUT2D eigenvalue weighted by Gasteiger charge is -2.41. The SMILES string of the molecule is CCN(CC(=O)O)C1CCN(CC(C)(C)CN(C)Cc2ccccc2)CC1. The lowest BCUT2D eigenvalue weighted by atomic mass is 9.90. The minimum absolute atomic E-state index is 0.164. The summed E-state index contributed by atoms with van der Waals surface area (Å²) < 4.78 is 0. The molecule has 1 aromatic carbocycles. The number of carbonyl (C=O) groups is 1. The Hall–Kier alpha value is -1.43. The van der Waals surface area contributed by atoms with Crippen LogP contribution in [0.25, 0.3) is 0 Å². The van der Waals surface area contributed by atoms with Crippen LogP contribution in [0.15, 0.2) is 30.3 Å². The maximum Gasteiger partial charge on any atom is 0.317 e. The van der Waals surface area contributed by atoms with E-state index in [1.54, 1.807) is 0 Å². The van der Waals surface area contributed by atoms with Gasteiger partial charge in [-0.1, -0.05) is 51.1 Å². The van der Waals surface area contributed by atoms with E-state index in [1.807, 2.05) is 0 Å². The summed E-state index contributed by atoms with van der Waals surface area (Å²) in [5, 5.41) is 9.08. The predicted molar refractivity (Wildman–Crippen MR) is 111 cm³/mol. The molecule has 1 aromatic rings. The van der Waals surface area contributed by atoms with Crippen LogP contribution in [0.2, 0.25) is 0 Å². The first-order chi connectivity index (χ1) is 12.8. The van der Waals surface area contributed by atoms with E-state index in [-0.39, 0.29) is 12.0 Å². The largest absolute Gasteiger partial charge is 0.480 e. The monoisotopic (exact) mass is 375 g/mol. The molecule has 1 heterocycles. The Morgan fingerprint density at radius 3 is 2.41 bits per heavy atom. The van der Waals surface area contributed by atoms with Crippen molar-refractivity contribution in [1.82, 2.24) is 14.7 Å². The number of nitrogens with zero attached hydrogens (tertiary/aromatic N) is 3. The molecular weight excluding hydrogens is 338 g/mol. The number of hydrogen-bond donors (Lipinski definition) is 1. The first-order valence-corrected chi connectivity index (χ1v) is 10.2. The topological polar surface area (TPSA) is 47.0 Å². The minimum Gasteiger partial charge on any atom is -0.480 e. The average molecular weight is 376 g/mol. The molecule has 2 rings (SSSR count). The van der Waals surface area contributed by atoms with E-state index in [2.05, 4.69) is 72.9 Å². The first kappa shape index (κ1) is 21.9. The van der Waals surface area contributed by atoms with Crippen molar-refractivity contribution in [3.63, 3.8) is 0 Å². The van der Waals surface area contributed by atoms with Gasteiger partial charge in [0.25, 0.3) is 0 Å². The van der Waals surface area contributed by atoms with E-state index in [1.165, 1.54) is 5.56 Å². The van der Waals surface area contributed by atoms with Crippen molar-refractivity contribution in [2.75, 3.05) is 46.3 Å². The summed E-state index contributed by atoms with van der Waals surface area (Å²) in [4.78, 5) is 18.1. The Morgan fingerprint density at radius 2 is 1.85 bits per heavy atom. The number of aliphatic carboxylic acids is 1. The standard InChI is InChI=1S/C22H37N3O2/c1-5-25(16-21(26)27)20-11-13-24(14-12-20)18-22(2,3)17-23(4)15-19-9-7-6-8-10-19/h6-10,20H,5,11-18H2,1-4H3,(H,26,27). The second kappa shape index (κ2) is 10.2. The van der Waals surface area contributed by atoms with Gasteiger partial charge in [-0.2, -0.15) is 0 Å². The fraction of sp³-hybridized carbons (Fsp3) is 0.682. The molecule has 0 aromatic heterocycles. The normalized spacial score (nSPS) is 17.0.